The van der Waals surface area contributed by atoms with Crippen LogP contribution in [0.5, 0.6) is 0 Å². The van der Waals surface area contributed by atoms with Crippen LogP contribution in [-0.2, 0) is 0 Å². The Hall–Kier alpha value is -4.81. The summed E-state index contributed by atoms with van der Waals surface area (Å²) in [4.78, 5) is 27.3. The number of aromatic nitrogens is 1. The van der Waals surface area contributed by atoms with E-state index in [4.69, 9.17) is 8.83 Å². The summed E-state index contributed by atoms with van der Waals surface area (Å²) in [6.07, 6.45) is 1.56. The van der Waals surface area contributed by atoms with E-state index in [9.17, 15) is 20.2 Å². The van der Waals surface area contributed by atoms with Gasteiger partial charge in [0.1, 0.15) is 28.2 Å². The minimum atomic E-state index is -0.503. The number of nitro groups is 1. The largest absolute Gasteiger partial charge is 0.457 e. The Morgan fingerprint density at radius 3 is 2.65 bits per heavy atom. The standard InChI is InChI=1S/C25H13N3O5S/c26-13-17(11-19-9-10-23(32-19)15-5-7-18(8-6-15)28(30)31)24-27-21(14-34-24)20-12-16-3-1-2-4-22(16)33-25(20)29/h1-12,14H/b17-11-. The molecule has 164 valence electrons. The average Bonchev–Trinajstić information content (AvgIpc) is 3.52. The summed E-state index contributed by atoms with van der Waals surface area (Å²) in [6, 6.07) is 20.4. The number of nitrogens with zero attached hydrogens (tertiary/aromatic N) is 3. The number of hydrogen-bond acceptors (Lipinski definition) is 8. The smallest absolute Gasteiger partial charge is 0.345 e. The predicted octanol–water partition coefficient (Wildman–Crippen LogP) is 6.15. The van der Waals surface area contributed by atoms with Gasteiger partial charge in [-0.25, -0.2) is 9.78 Å². The van der Waals surface area contributed by atoms with Crippen molar-refractivity contribution in [1.82, 2.24) is 4.98 Å². The van der Waals surface area contributed by atoms with E-state index in [0.29, 0.717) is 38.9 Å². The molecule has 5 aromatic rings. The third-order valence-electron chi connectivity index (χ3n) is 5.05. The number of thiazole rings is 1. The van der Waals surface area contributed by atoms with Gasteiger partial charge in [-0.2, -0.15) is 5.26 Å². The van der Waals surface area contributed by atoms with E-state index in [1.54, 1.807) is 53.9 Å². The molecule has 0 aliphatic heterocycles. The molecule has 0 unspecified atom stereocenters. The molecule has 0 spiro atoms. The highest BCUT2D eigenvalue weighted by molar-refractivity contribution is 7.11. The number of benzene rings is 2. The highest BCUT2D eigenvalue weighted by Gasteiger charge is 2.15. The molecule has 0 fully saturated rings. The second-order valence-corrected chi connectivity index (χ2v) is 8.06. The molecule has 3 heterocycles. The quantitative estimate of drug-likeness (QED) is 0.131. The van der Waals surface area contributed by atoms with E-state index in [2.05, 4.69) is 11.1 Å². The lowest BCUT2D eigenvalue weighted by Gasteiger charge is -1.99. The van der Waals surface area contributed by atoms with Crippen LogP contribution in [-0.4, -0.2) is 9.91 Å². The average molecular weight is 467 g/mol. The van der Waals surface area contributed by atoms with Gasteiger partial charge >= 0.3 is 5.63 Å². The summed E-state index contributed by atoms with van der Waals surface area (Å²) >= 11 is 1.23. The minimum absolute atomic E-state index is 0.0118. The first kappa shape index (κ1) is 21.1. The molecule has 8 nitrogen and oxygen atoms in total. The third-order valence-corrected chi connectivity index (χ3v) is 5.92. The SMILES string of the molecule is N#C/C(=C/c1ccc(-c2ccc([N+](=O)[O-])cc2)o1)c1nc(-c2cc3ccccc3oc2=O)cs1. The molecule has 3 aromatic heterocycles. The van der Waals surface area contributed by atoms with Crippen molar-refractivity contribution in [2.45, 2.75) is 0 Å². The lowest BCUT2D eigenvalue weighted by molar-refractivity contribution is -0.384. The Labute approximate surface area is 195 Å². The van der Waals surface area contributed by atoms with Crippen LogP contribution < -0.4 is 5.63 Å². The fourth-order valence-electron chi connectivity index (χ4n) is 3.38. The van der Waals surface area contributed by atoms with Crippen LogP contribution in [0.2, 0.25) is 0 Å². The van der Waals surface area contributed by atoms with Crippen molar-refractivity contribution < 1.29 is 13.8 Å². The topological polar surface area (TPSA) is 123 Å². The number of furan rings is 1. The van der Waals surface area contributed by atoms with Gasteiger partial charge in [-0.05, 0) is 36.4 Å². The second kappa shape index (κ2) is 8.61. The van der Waals surface area contributed by atoms with E-state index < -0.39 is 10.5 Å². The van der Waals surface area contributed by atoms with Crippen molar-refractivity contribution in [2.75, 3.05) is 0 Å². The normalized spacial score (nSPS) is 11.4. The molecule has 0 aliphatic rings. The van der Waals surface area contributed by atoms with Gasteiger partial charge in [-0.15, -0.1) is 11.3 Å². The lowest BCUT2D eigenvalue weighted by Crippen LogP contribution is -2.02. The summed E-state index contributed by atoms with van der Waals surface area (Å²) < 4.78 is 11.2. The van der Waals surface area contributed by atoms with Crippen LogP contribution in [0, 0.1) is 21.4 Å². The van der Waals surface area contributed by atoms with Crippen molar-refractivity contribution in [2.24, 2.45) is 0 Å². The monoisotopic (exact) mass is 467 g/mol. The second-order valence-electron chi connectivity index (χ2n) is 7.20. The molecule has 2 aromatic carbocycles. The molecule has 0 amide bonds. The molecule has 0 aliphatic carbocycles. The van der Waals surface area contributed by atoms with Gasteiger partial charge in [-0.1, -0.05) is 18.2 Å². The Balaban J connectivity index is 1.44. The summed E-state index contributed by atoms with van der Waals surface area (Å²) in [5, 5.41) is 23.4. The first-order valence-corrected chi connectivity index (χ1v) is 10.9. The zero-order valence-corrected chi connectivity index (χ0v) is 18.1. The Morgan fingerprint density at radius 2 is 1.88 bits per heavy atom. The van der Waals surface area contributed by atoms with Gasteiger partial charge in [-0.3, -0.25) is 10.1 Å². The van der Waals surface area contributed by atoms with Gasteiger partial charge in [0.25, 0.3) is 5.69 Å². The zero-order valence-electron chi connectivity index (χ0n) is 17.3. The third kappa shape index (κ3) is 4.01. The van der Waals surface area contributed by atoms with Gasteiger partial charge in [0, 0.05) is 34.5 Å². The van der Waals surface area contributed by atoms with Crippen LogP contribution in [0.3, 0.4) is 0 Å². The predicted molar refractivity (Wildman–Crippen MR) is 128 cm³/mol. The maximum absolute atomic E-state index is 12.4. The number of non-ortho nitro benzene ring substituents is 1. The molecule has 0 saturated carbocycles. The number of fused-ring (bicyclic) bond motifs is 1. The summed E-state index contributed by atoms with van der Waals surface area (Å²) in [7, 11) is 0. The fourth-order valence-corrected chi connectivity index (χ4v) is 4.16. The minimum Gasteiger partial charge on any atom is -0.457 e. The summed E-state index contributed by atoms with van der Waals surface area (Å²) in [6.45, 7) is 0. The molecule has 34 heavy (non-hydrogen) atoms. The molecule has 0 saturated heterocycles. The molecule has 9 heteroatoms. The Kier molecular flexibility index (Phi) is 5.33. The highest BCUT2D eigenvalue weighted by Crippen LogP contribution is 2.29. The number of allylic oxidation sites excluding steroid dienone is 1. The maximum Gasteiger partial charge on any atom is 0.345 e. The van der Waals surface area contributed by atoms with E-state index in [1.165, 1.54) is 23.5 Å². The molecule has 5 rings (SSSR count). The molecular formula is C25H13N3O5S. The number of para-hydroxylation sites is 1. The number of rotatable bonds is 5. The first-order valence-electron chi connectivity index (χ1n) is 9.97. The first-order chi connectivity index (χ1) is 16.5. The Bertz CT molecular complexity index is 1670. The number of nitro benzene ring substituents is 1. The van der Waals surface area contributed by atoms with Gasteiger partial charge in [0.05, 0.1) is 21.8 Å². The van der Waals surface area contributed by atoms with Gasteiger partial charge in [0.2, 0.25) is 0 Å². The fraction of sp³-hybridized carbons (Fsp3) is 0. The lowest BCUT2D eigenvalue weighted by atomic mass is 10.1. The van der Waals surface area contributed by atoms with Gasteiger partial charge < -0.3 is 8.83 Å². The van der Waals surface area contributed by atoms with Crippen LogP contribution in [0.15, 0.2) is 85.7 Å². The highest BCUT2D eigenvalue weighted by atomic mass is 32.1. The molecule has 0 radical (unpaired) electrons. The number of nitriles is 1. The van der Waals surface area contributed by atoms with Crippen LogP contribution in [0.25, 0.3) is 45.2 Å². The van der Waals surface area contributed by atoms with Crippen molar-refractivity contribution in [3.63, 3.8) is 0 Å². The zero-order chi connectivity index (χ0) is 23.7. The van der Waals surface area contributed by atoms with Crippen molar-refractivity contribution in [3.05, 3.63) is 103 Å². The van der Waals surface area contributed by atoms with Crippen LogP contribution in [0.4, 0.5) is 5.69 Å². The van der Waals surface area contributed by atoms with E-state index in [0.717, 1.165) is 5.39 Å². The van der Waals surface area contributed by atoms with E-state index in [1.807, 2.05) is 12.1 Å². The van der Waals surface area contributed by atoms with Crippen molar-refractivity contribution >= 4 is 39.6 Å². The van der Waals surface area contributed by atoms with Gasteiger partial charge in [0.15, 0.2) is 0 Å². The summed E-state index contributed by atoms with van der Waals surface area (Å²) in [5.74, 6) is 0.930. The maximum atomic E-state index is 12.4. The Morgan fingerprint density at radius 1 is 1.09 bits per heavy atom. The van der Waals surface area contributed by atoms with Crippen LogP contribution in [0.1, 0.15) is 10.8 Å². The van der Waals surface area contributed by atoms with E-state index >= 15 is 0 Å². The summed E-state index contributed by atoms with van der Waals surface area (Å²) in [5.41, 5.74) is 1.66. The molecular weight excluding hydrogens is 454 g/mol. The van der Waals surface area contributed by atoms with Crippen LogP contribution >= 0.6 is 11.3 Å². The molecule has 0 atom stereocenters. The number of hydrogen-bond donors (Lipinski definition) is 0. The van der Waals surface area contributed by atoms with E-state index in [-0.39, 0.29) is 11.3 Å². The van der Waals surface area contributed by atoms with Crippen molar-refractivity contribution in [3.8, 4) is 28.7 Å². The molecule has 0 N–H and O–H groups in total. The molecule has 0 bridgehead atoms. The van der Waals surface area contributed by atoms with Crippen molar-refractivity contribution in [1.29, 1.82) is 5.26 Å².